The molecule has 0 bridgehead atoms. The summed E-state index contributed by atoms with van der Waals surface area (Å²) in [5.41, 5.74) is 0.276. The second kappa shape index (κ2) is 10.6. The largest absolute Gasteiger partial charge is 0.350 e. The Hall–Kier alpha value is -2.46. The summed E-state index contributed by atoms with van der Waals surface area (Å²) >= 11 is 3.36. The van der Waals surface area contributed by atoms with Crippen LogP contribution in [0.3, 0.4) is 0 Å². The van der Waals surface area contributed by atoms with E-state index < -0.39 is 39.9 Å². The van der Waals surface area contributed by atoms with Crippen LogP contribution in [0.5, 0.6) is 0 Å². The predicted octanol–water partition coefficient (Wildman–Crippen LogP) is 3.69. The first kappa shape index (κ1) is 26.8. The number of hydrogen-bond donors (Lipinski definition) is 1. The number of carbonyl (C=O) groups excluding carboxylic acids is 2. The minimum Gasteiger partial charge on any atom is -0.350 e. The van der Waals surface area contributed by atoms with E-state index in [0.29, 0.717) is 0 Å². The van der Waals surface area contributed by atoms with Crippen molar-refractivity contribution in [1.82, 2.24) is 10.2 Å². The monoisotopic (exact) mass is 541 g/mol. The Labute approximate surface area is 203 Å². The molecule has 0 saturated heterocycles. The number of halogens is 2. The third-order valence-electron chi connectivity index (χ3n) is 4.71. The van der Waals surface area contributed by atoms with E-state index in [0.717, 1.165) is 26.7 Å². The van der Waals surface area contributed by atoms with Crippen LogP contribution in [0.4, 0.5) is 10.1 Å². The van der Waals surface area contributed by atoms with E-state index in [1.165, 1.54) is 23.1 Å². The second-order valence-corrected chi connectivity index (χ2v) is 11.6. The Balaban J connectivity index is 2.39. The van der Waals surface area contributed by atoms with Gasteiger partial charge in [-0.15, -0.1) is 0 Å². The first-order chi connectivity index (χ1) is 15.2. The molecule has 1 unspecified atom stereocenters. The number of nitrogens with zero attached hydrogens (tertiary/aromatic N) is 2. The van der Waals surface area contributed by atoms with Crippen LogP contribution in [-0.2, 0) is 26.2 Å². The predicted molar refractivity (Wildman–Crippen MR) is 131 cm³/mol. The lowest BCUT2D eigenvalue weighted by molar-refractivity contribution is -0.140. The first-order valence-corrected chi connectivity index (χ1v) is 12.9. The molecule has 7 nitrogen and oxygen atoms in total. The van der Waals surface area contributed by atoms with E-state index in [2.05, 4.69) is 21.2 Å². The number of sulfonamides is 1. The topological polar surface area (TPSA) is 86.8 Å². The molecule has 1 N–H and O–H groups in total. The summed E-state index contributed by atoms with van der Waals surface area (Å²) in [7, 11) is -3.90. The molecule has 0 heterocycles. The van der Waals surface area contributed by atoms with Gasteiger partial charge in [-0.3, -0.25) is 13.9 Å². The summed E-state index contributed by atoms with van der Waals surface area (Å²) in [5.74, 6) is -1.59. The van der Waals surface area contributed by atoms with Crippen LogP contribution in [0, 0.1) is 5.82 Å². The average Bonchev–Trinajstić information content (AvgIpc) is 2.68. The van der Waals surface area contributed by atoms with Crippen molar-refractivity contribution in [3.8, 4) is 0 Å². The molecule has 2 aromatic carbocycles. The molecule has 0 aromatic heterocycles. The lowest BCUT2D eigenvalue weighted by Crippen LogP contribution is -2.54. The quantitative estimate of drug-likeness (QED) is 0.552. The van der Waals surface area contributed by atoms with Crippen LogP contribution in [0.25, 0.3) is 0 Å². The number of amides is 2. The van der Waals surface area contributed by atoms with Gasteiger partial charge < -0.3 is 10.2 Å². The number of benzene rings is 2. The summed E-state index contributed by atoms with van der Waals surface area (Å²) in [4.78, 5) is 27.6. The highest BCUT2D eigenvalue weighted by Gasteiger charge is 2.31. The molecular formula is C23H29BrFN3O4S. The molecule has 0 aliphatic carbocycles. The van der Waals surface area contributed by atoms with Gasteiger partial charge in [-0.05, 0) is 63.6 Å². The van der Waals surface area contributed by atoms with Crippen molar-refractivity contribution >= 4 is 43.5 Å². The number of carbonyl (C=O) groups is 2. The van der Waals surface area contributed by atoms with Gasteiger partial charge in [0.2, 0.25) is 21.8 Å². The van der Waals surface area contributed by atoms with Crippen LogP contribution >= 0.6 is 15.9 Å². The van der Waals surface area contributed by atoms with Crippen LogP contribution in [-0.4, -0.2) is 49.5 Å². The van der Waals surface area contributed by atoms with E-state index in [-0.39, 0.29) is 18.1 Å². The molecule has 1 atom stereocenters. The summed E-state index contributed by atoms with van der Waals surface area (Å²) in [6.07, 6.45) is 0.944. The third-order valence-corrected chi connectivity index (χ3v) is 6.38. The number of anilines is 1. The van der Waals surface area contributed by atoms with E-state index >= 15 is 0 Å². The van der Waals surface area contributed by atoms with Gasteiger partial charge in [-0.1, -0.05) is 34.1 Å². The van der Waals surface area contributed by atoms with Crippen molar-refractivity contribution in [2.24, 2.45) is 0 Å². The van der Waals surface area contributed by atoms with Gasteiger partial charge in [0.15, 0.2) is 0 Å². The molecule has 0 aliphatic rings. The molecule has 0 aliphatic heterocycles. The summed E-state index contributed by atoms with van der Waals surface area (Å²) in [6.45, 7) is 6.58. The molecule has 33 heavy (non-hydrogen) atoms. The fourth-order valence-electron chi connectivity index (χ4n) is 3.09. The molecule has 2 aromatic rings. The zero-order valence-electron chi connectivity index (χ0n) is 19.3. The fourth-order valence-corrected chi connectivity index (χ4v) is 4.19. The molecule has 10 heteroatoms. The highest BCUT2D eigenvalue weighted by molar-refractivity contribution is 9.10. The van der Waals surface area contributed by atoms with Gasteiger partial charge in [0.1, 0.15) is 18.4 Å². The number of rotatable bonds is 8. The van der Waals surface area contributed by atoms with E-state index in [1.807, 2.05) is 32.9 Å². The van der Waals surface area contributed by atoms with Crippen molar-refractivity contribution in [2.75, 3.05) is 17.1 Å². The van der Waals surface area contributed by atoms with Crippen LogP contribution in [0.1, 0.15) is 33.3 Å². The Morgan fingerprint density at radius 2 is 1.73 bits per heavy atom. The zero-order chi connectivity index (χ0) is 25.0. The maximum atomic E-state index is 13.7. The standard InChI is InChI=1S/C23H29BrFN3O4S/c1-16(22(30)26-23(2,3)4)27(14-17-9-11-18(24)12-10-17)21(29)15-28(33(5,31)32)20-8-6-7-19(25)13-20/h6-13,16H,14-15H2,1-5H3,(H,26,30). The molecule has 2 rings (SSSR count). The maximum absolute atomic E-state index is 13.7. The van der Waals surface area contributed by atoms with E-state index in [9.17, 15) is 22.4 Å². The Morgan fingerprint density at radius 3 is 2.24 bits per heavy atom. The van der Waals surface area contributed by atoms with Gasteiger partial charge >= 0.3 is 0 Å². The summed E-state index contributed by atoms with van der Waals surface area (Å²) in [5, 5.41) is 2.85. The van der Waals surface area contributed by atoms with Crippen molar-refractivity contribution in [1.29, 1.82) is 0 Å². The smallest absolute Gasteiger partial charge is 0.244 e. The molecular weight excluding hydrogens is 513 g/mol. The van der Waals surface area contributed by atoms with Gasteiger partial charge in [0.25, 0.3) is 0 Å². The third kappa shape index (κ3) is 8.12. The van der Waals surface area contributed by atoms with Crippen LogP contribution < -0.4 is 9.62 Å². The zero-order valence-corrected chi connectivity index (χ0v) is 21.7. The molecule has 180 valence electrons. The first-order valence-electron chi connectivity index (χ1n) is 10.3. The van der Waals surface area contributed by atoms with E-state index in [4.69, 9.17) is 0 Å². The normalized spacial score (nSPS) is 12.7. The summed E-state index contributed by atoms with van der Waals surface area (Å²) in [6, 6.07) is 11.4. The lowest BCUT2D eigenvalue weighted by Gasteiger charge is -2.33. The van der Waals surface area contributed by atoms with Crippen molar-refractivity contribution in [3.63, 3.8) is 0 Å². The fraction of sp³-hybridized carbons (Fsp3) is 0.391. The maximum Gasteiger partial charge on any atom is 0.244 e. The Bertz CT molecular complexity index is 1100. The highest BCUT2D eigenvalue weighted by Crippen LogP contribution is 2.20. The molecule has 0 saturated carbocycles. The molecule has 0 radical (unpaired) electrons. The highest BCUT2D eigenvalue weighted by atomic mass is 79.9. The Kier molecular flexibility index (Phi) is 8.64. The van der Waals surface area contributed by atoms with Gasteiger partial charge in [0.05, 0.1) is 11.9 Å². The minimum atomic E-state index is -3.90. The van der Waals surface area contributed by atoms with Gasteiger partial charge in [-0.2, -0.15) is 0 Å². The number of nitrogens with one attached hydrogen (secondary N) is 1. The van der Waals surface area contributed by atoms with Crippen molar-refractivity contribution < 1.29 is 22.4 Å². The SMILES string of the molecule is CC(C(=O)NC(C)(C)C)N(Cc1ccc(Br)cc1)C(=O)CN(c1cccc(F)c1)S(C)(=O)=O. The van der Waals surface area contributed by atoms with Crippen molar-refractivity contribution in [2.45, 2.75) is 45.8 Å². The minimum absolute atomic E-state index is 0.0289. The van der Waals surface area contributed by atoms with Gasteiger partial charge in [0, 0.05) is 16.6 Å². The van der Waals surface area contributed by atoms with Crippen LogP contribution in [0.15, 0.2) is 53.0 Å². The Morgan fingerprint density at radius 1 is 1.12 bits per heavy atom. The van der Waals surface area contributed by atoms with Crippen LogP contribution in [0.2, 0.25) is 0 Å². The molecule has 0 fully saturated rings. The van der Waals surface area contributed by atoms with E-state index in [1.54, 1.807) is 19.1 Å². The lowest BCUT2D eigenvalue weighted by atomic mass is 10.1. The van der Waals surface area contributed by atoms with Crippen molar-refractivity contribution in [3.05, 3.63) is 64.4 Å². The number of hydrogen-bond acceptors (Lipinski definition) is 4. The second-order valence-electron chi connectivity index (χ2n) is 8.81. The molecule has 0 spiro atoms. The summed E-state index contributed by atoms with van der Waals surface area (Å²) < 4.78 is 40.3. The average molecular weight is 542 g/mol. The van der Waals surface area contributed by atoms with Gasteiger partial charge in [-0.25, -0.2) is 12.8 Å². The molecule has 2 amide bonds.